The number of hydrogen-bond acceptors (Lipinski definition) is 2. The third-order valence-corrected chi connectivity index (χ3v) is 4.59. The molecule has 1 aromatic carbocycles. The third kappa shape index (κ3) is 1.99. The summed E-state index contributed by atoms with van der Waals surface area (Å²) in [6.07, 6.45) is 5.45. The van der Waals surface area contributed by atoms with Gasteiger partial charge in [0.25, 0.3) is 0 Å². The molecule has 19 heavy (non-hydrogen) atoms. The molecule has 0 saturated heterocycles. The van der Waals surface area contributed by atoms with Crippen molar-refractivity contribution >= 4 is 17.0 Å². The highest BCUT2D eigenvalue weighted by atomic mass is 19.1. The Hall–Kier alpha value is -1.58. The average Bonchev–Trinajstić information content (AvgIpc) is 3.24. The van der Waals surface area contributed by atoms with Gasteiger partial charge in [0.2, 0.25) is 5.95 Å². The Labute approximate surface area is 111 Å². The second kappa shape index (κ2) is 3.95. The third-order valence-electron chi connectivity index (χ3n) is 4.59. The number of benzene rings is 1. The fourth-order valence-corrected chi connectivity index (χ4v) is 3.26. The van der Waals surface area contributed by atoms with Crippen LogP contribution >= 0.6 is 0 Å². The molecule has 1 heterocycles. The van der Waals surface area contributed by atoms with Crippen LogP contribution in [0.15, 0.2) is 18.2 Å². The maximum atomic E-state index is 13.2. The molecule has 2 saturated carbocycles. The zero-order valence-corrected chi connectivity index (χ0v) is 10.8. The Morgan fingerprint density at radius 1 is 1.26 bits per heavy atom. The molecule has 3 nitrogen and oxygen atoms in total. The molecule has 2 fully saturated rings. The van der Waals surface area contributed by atoms with E-state index in [0.717, 1.165) is 29.8 Å². The number of nitrogen functional groups attached to an aromatic ring is 1. The zero-order valence-electron chi connectivity index (χ0n) is 10.8. The van der Waals surface area contributed by atoms with Crippen molar-refractivity contribution in [1.82, 2.24) is 9.55 Å². The fraction of sp³-hybridized carbons (Fsp3) is 0.533. The molecule has 0 bridgehead atoms. The number of anilines is 1. The van der Waals surface area contributed by atoms with Crippen molar-refractivity contribution in [2.45, 2.75) is 32.2 Å². The molecule has 4 heteroatoms. The molecule has 0 unspecified atom stereocenters. The van der Waals surface area contributed by atoms with Gasteiger partial charge in [0.1, 0.15) is 5.82 Å². The molecule has 0 amide bonds. The van der Waals surface area contributed by atoms with Gasteiger partial charge in [-0.3, -0.25) is 0 Å². The summed E-state index contributed by atoms with van der Waals surface area (Å²) < 4.78 is 15.3. The normalized spacial score (nSPS) is 19.5. The van der Waals surface area contributed by atoms with Crippen molar-refractivity contribution < 1.29 is 4.39 Å². The quantitative estimate of drug-likeness (QED) is 0.916. The standard InChI is InChI=1S/C15H18FN3/c16-11-5-6-14-13(7-11)18-15(17)19(14)8-12(9-1-2-9)10-3-4-10/h5-7,9-10,12H,1-4,8H2,(H2,17,18). The number of aromatic nitrogens is 2. The predicted molar refractivity (Wildman–Crippen MR) is 73.0 cm³/mol. The number of nitrogens with zero attached hydrogens (tertiary/aromatic N) is 2. The monoisotopic (exact) mass is 259 g/mol. The number of hydrogen-bond donors (Lipinski definition) is 1. The molecule has 2 aliphatic rings. The molecule has 0 radical (unpaired) electrons. The first-order valence-electron chi connectivity index (χ1n) is 7.13. The maximum Gasteiger partial charge on any atom is 0.201 e. The second-order valence-electron chi connectivity index (χ2n) is 6.05. The SMILES string of the molecule is Nc1nc2cc(F)ccc2n1CC(C1CC1)C1CC1. The molecule has 2 aliphatic carbocycles. The minimum Gasteiger partial charge on any atom is -0.369 e. The lowest BCUT2D eigenvalue weighted by atomic mass is 9.98. The van der Waals surface area contributed by atoms with Crippen LogP contribution in [0.3, 0.4) is 0 Å². The highest BCUT2D eigenvalue weighted by Gasteiger charge is 2.41. The van der Waals surface area contributed by atoms with Crippen LogP contribution in [0.4, 0.5) is 10.3 Å². The van der Waals surface area contributed by atoms with Gasteiger partial charge in [0, 0.05) is 12.6 Å². The molecular weight excluding hydrogens is 241 g/mol. The molecule has 100 valence electrons. The van der Waals surface area contributed by atoms with Gasteiger partial charge in [-0.2, -0.15) is 0 Å². The van der Waals surface area contributed by atoms with Gasteiger partial charge in [0.15, 0.2) is 0 Å². The zero-order chi connectivity index (χ0) is 13.0. The lowest BCUT2D eigenvalue weighted by molar-refractivity contribution is 0.355. The van der Waals surface area contributed by atoms with Crippen LogP contribution in [0.1, 0.15) is 25.7 Å². The van der Waals surface area contributed by atoms with E-state index in [2.05, 4.69) is 9.55 Å². The van der Waals surface area contributed by atoms with Crippen molar-refractivity contribution in [3.8, 4) is 0 Å². The Bertz CT molecular complexity index is 614. The molecule has 2 N–H and O–H groups in total. The first-order chi connectivity index (χ1) is 9.22. The van der Waals surface area contributed by atoms with E-state index in [1.165, 1.54) is 37.8 Å². The van der Waals surface area contributed by atoms with Gasteiger partial charge >= 0.3 is 0 Å². The lowest BCUT2D eigenvalue weighted by Crippen LogP contribution is -2.16. The lowest BCUT2D eigenvalue weighted by Gasteiger charge is -2.17. The van der Waals surface area contributed by atoms with Gasteiger partial charge in [-0.15, -0.1) is 0 Å². The van der Waals surface area contributed by atoms with Crippen molar-refractivity contribution in [1.29, 1.82) is 0 Å². The second-order valence-corrected chi connectivity index (χ2v) is 6.05. The van der Waals surface area contributed by atoms with Crippen LogP contribution in [0.25, 0.3) is 11.0 Å². The number of rotatable bonds is 4. The van der Waals surface area contributed by atoms with E-state index < -0.39 is 0 Å². The minimum atomic E-state index is -0.252. The van der Waals surface area contributed by atoms with E-state index in [1.807, 2.05) is 0 Å². The summed E-state index contributed by atoms with van der Waals surface area (Å²) in [7, 11) is 0. The topological polar surface area (TPSA) is 43.8 Å². The van der Waals surface area contributed by atoms with E-state index in [4.69, 9.17) is 5.73 Å². The van der Waals surface area contributed by atoms with Gasteiger partial charge in [-0.1, -0.05) is 0 Å². The summed E-state index contributed by atoms with van der Waals surface area (Å²) in [5.74, 6) is 2.77. The van der Waals surface area contributed by atoms with Crippen molar-refractivity contribution in [3.05, 3.63) is 24.0 Å². The first kappa shape index (κ1) is 11.3. The number of fused-ring (bicyclic) bond motifs is 1. The first-order valence-corrected chi connectivity index (χ1v) is 7.13. The highest BCUT2D eigenvalue weighted by molar-refractivity contribution is 5.78. The Kier molecular flexibility index (Phi) is 2.34. The van der Waals surface area contributed by atoms with Gasteiger partial charge < -0.3 is 10.3 Å². The van der Waals surface area contributed by atoms with Gasteiger partial charge in [0.05, 0.1) is 11.0 Å². The van der Waals surface area contributed by atoms with E-state index in [9.17, 15) is 4.39 Å². The van der Waals surface area contributed by atoms with E-state index in [0.29, 0.717) is 11.5 Å². The predicted octanol–water partition coefficient (Wildman–Crippen LogP) is 3.19. The Balaban J connectivity index is 1.71. The van der Waals surface area contributed by atoms with Crippen molar-refractivity contribution in [3.63, 3.8) is 0 Å². The number of imidazole rings is 1. The van der Waals surface area contributed by atoms with Crippen LogP contribution in [-0.2, 0) is 6.54 Å². The Morgan fingerprint density at radius 2 is 1.95 bits per heavy atom. The van der Waals surface area contributed by atoms with Crippen molar-refractivity contribution in [2.75, 3.05) is 5.73 Å². The summed E-state index contributed by atoms with van der Waals surface area (Å²) in [6, 6.07) is 4.75. The van der Waals surface area contributed by atoms with Crippen LogP contribution in [0.2, 0.25) is 0 Å². The molecule has 4 rings (SSSR count). The molecule has 1 aromatic heterocycles. The summed E-state index contributed by atoms with van der Waals surface area (Å²) in [5.41, 5.74) is 7.65. The van der Waals surface area contributed by atoms with Crippen LogP contribution in [-0.4, -0.2) is 9.55 Å². The molecule has 2 aromatic rings. The number of halogens is 1. The molecule has 0 atom stereocenters. The van der Waals surface area contributed by atoms with Crippen LogP contribution in [0, 0.1) is 23.6 Å². The van der Waals surface area contributed by atoms with Crippen LogP contribution in [0.5, 0.6) is 0 Å². The summed E-state index contributed by atoms with van der Waals surface area (Å²) >= 11 is 0. The van der Waals surface area contributed by atoms with E-state index in [-0.39, 0.29) is 5.82 Å². The smallest absolute Gasteiger partial charge is 0.201 e. The van der Waals surface area contributed by atoms with Gasteiger partial charge in [-0.05, 0) is 55.6 Å². The summed E-state index contributed by atoms with van der Waals surface area (Å²) in [4.78, 5) is 4.29. The fourth-order valence-electron chi connectivity index (χ4n) is 3.26. The molecule has 0 spiro atoms. The Morgan fingerprint density at radius 3 is 2.58 bits per heavy atom. The van der Waals surface area contributed by atoms with Gasteiger partial charge in [-0.25, -0.2) is 9.37 Å². The van der Waals surface area contributed by atoms with E-state index >= 15 is 0 Å². The summed E-state index contributed by atoms with van der Waals surface area (Å²) in [5, 5.41) is 0. The number of nitrogens with two attached hydrogens (primary N) is 1. The van der Waals surface area contributed by atoms with Crippen LogP contribution < -0.4 is 5.73 Å². The molecular formula is C15H18FN3. The molecule has 0 aliphatic heterocycles. The minimum absolute atomic E-state index is 0.252. The largest absolute Gasteiger partial charge is 0.369 e. The average molecular weight is 259 g/mol. The highest BCUT2D eigenvalue weighted by Crippen LogP contribution is 2.50. The van der Waals surface area contributed by atoms with E-state index in [1.54, 1.807) is 6.07 Å². The maximum absolute atomic E-state index is 13.2. The summed E-state index contributed by atoms with van der Waals surface area (Å²) in [6.45, 7) is 0.948. The van der Waals surface area contributed by atoms with Crippen molar-refractivity contribution in [2.24, 2.45) is 17.8 Å².